The van der Waals surface area contributed by atoms with E-state index in [1.807, 2.05) is 62.9 Å². The molecule has 0 aromatic heterocycles. The van der Waals surface area contributed by atoms with E-state index >= 15 is 0 Å². The summed E-state index contributed by atoms with van der Waals surface area (Å²) in [5.41, 5.74) is 0.908. The molecule has 1 heterocycles. The first-order valence-corrected chi connectivity index (χ1v) is 9.26. The third kappa shape index (κ3) is 5.53. The van der Waals surface area contributed by atoms with E-state index in [1.165, 1.54) is 0 Å². The molecule has 0 spiro atoms. The minimum atomic E-state index is -0.545. The molecule has 0 bridgehead atoms. The predicted molar refractivity (Wildman–Crippen MR) is 99.3 cm³/mol. The highest BCUT2D eigenvalue weighted by atomic mass is 16.5. The summed E-state index contributed by atoms with van der Waals surface area (Å²) in [4.78, 5) is 16.9. The van der Waals surface area contributed by atoms with Crippen molar-refractivity contribution in [1.29, 1.82) is 0 Å². The molecule has 1 amide bonds. The lowest BCUT2D eigenvalue weighted by molar-refractivity contribution is -0.138. The van der Waals surface area contributed by atoms with Crippen molar-refractivity contribution >= 4 is 5.91 Å². The van der Waals surface area contributed by atoms with Crippen molar-refractivity contribution in [2.45, 2.75) is 58.3 Å². The molecular formula is C20H32N2O3. The number of carbonyl (C=O) groups is 1. The van der Waals surface area contributed by atoms with Crippen LogP contribution in [0.25, 0.3) is 0 Å². The van der Waals surface area contributed by atoms with E-state index in [2.05, 4.69) is 4.90 Å². The van der Waals surface area contributed by atoms with Crippen LogP contribution in [0.15, 0.2) is 30.3 Å². The maximum absolute atomic E-state index is 12.8. The van der Waals surface area contributed by atoms with Gasteiger partial charge >= 0.3 is 0 Å². The normalized spacial score (nSPS) is 20.0. The molecule has 1 N–H and O–H groups in total. The molecule has 140 valence electrons. The van der Waals surface area contributed by atoms with Gasteiger partial charge in [0.25, 0.3) is 0 Å². The van der Waals surface area contributed by atoms with Crippen molar-refractivity contribution in [2.75, 3.05) is 26.3 Å². The van der Waals surface area contributed by atoms with E-state index in [9.17, 15) is 9.90 Å². The molecule has 1 aromatic rings. The van der Waals surface area contributed by atoms with Crippen LogP contribution < -0.4 is 0 Å². The highest BCUT2D eigenvalue weighted by molar-refractivity contribution is 5.78. The van der Waals surface area contributed by atoms with Crippen molar-refractivity contribution in [3.05, 3.63) is 35.9 Å². The number of aliphatic hydroxyl groups excluding tert-OH is 1. The summed E-state index contributed by atoms with van der Waals surface area (Å²) in [6.45, 7) is 10.5. The Kier molecular flexibility index (Phi) is 7.41. The highest BCUT2D eigenvalue weighted by Crippen LogP contribution is 2.22. The molecule has 0 radical (unpaired) electrons. The van der Waals surface area contributed by atoms with Crippen molar-refractivity contribution in [2.24, 2.45) is 0 Å². The van der Waals surface area contributed by atoms with Crippen LogP contribution in [-0.4, -0.2) is 65.2 Å². The minimum Gasteiger partial charge on any atom is -0.388 e. The Morgan fingerprint density at radius 1 is 1.24 bits per heavy atom. The minimum absolute atomic E-state index is 0.0501. The van der Waals surface area contributed by atoms with Gasteiger partial charge in [-0.1, -0.05) is 30.3 Å². The lowest BCUT2D eigenvalue weighted by Crippen LogP contribution is -2.53. The summed E-state index contributed by atoms with van der Waals surface area (Å²) in [7, 11) is 0. The fraction of sp³-hybridized carbons (Fsp3) is 0.650. The second kappa shape index (κ2) is 9.32. The Bertz CT molecular complexity index is 525. The second-order valence-corrected chi connectivity index (χ2v) is 7.35. The van der Waals surface area contributed by atoms with Crippen LogP contribution in [-0.2, 0) is 9.53 Å². The lowest BCUT2D eigenvalue weighted by Gasteiger charge is -2.39. The SMILES string of the molecule is CC(C)N(C(=O)CN1CCOCC1CC(O)c1ccccc1)C(C)C. The van der Waals surface area contributed by atoms with E-state index < -0.39 is 6.10 Å². The van der Waals surface area contributed by atoms with E-state index in [-0.39, 0.29) is 24.0 Å². The van der Waals surface area contributed by atoms with Gasteiger partial charge in [-0.2, -0.15) is 0 Å². The topological polar surface area (TPSA) is 53.0 Å². The zero-order valence-electron chi connectivity index (χ0n) is 15.9. The molecule has 25 heavy (non-hydrogen) atoms. The standard InChI is InChI=1S/C20H32N2O3/c1-15(2)22(16(3)4)20(24)13-21-10-11-25-14-18(21)12-19(23)17-8-6-5-7-9-17/h5-9,15-16,18-19,23H,10-14H2,1-4H3. The molecule has 2 rings (SSSR count). The summed E-state index contributed by atoms with van der Waals surface area (Å²) < 4.78 is 5.61. The lowest BCUT2D eigenvalue weighted by atomic mass is 10.0. The number of hydrogen-bond acceptors (Lipinski definition) is 4. The summed E-state index contributed by atoms with van der Waals surface area (Å²) >= 11 is 0. The monoisotopic (exact) mass is 348 g/mol. The van der Waals surface area contributed by atoms with Gasteiger partial charge in [0.1, 0.15) is 0 Å². The van der Waals surface area contributed by atoms with Crippen LogP contribution in [0, 0.1) is 0 Å². The first-order chi connectivity index (χ1) is 11.9. The largest absolute Gasteiger partial charge is 0.388 e. The Balaban J connectivity index is 2.01. The fourth-order valence-corrected chi connectivity index (χ4v) is 3.61. The molecular weight excluding hydrogens is 316 g/mol. The van der Waals surface area contributed by atoms with Crippen LogP contribution in [0.4, 0.5) is 0 Å². The number of rotatable bonds is 7. The predicted octanol–water partition coefficient (Wildman–Crippen LogP) is 2.46. The quantitative estimate of drug-likeness (QED) is 0.822. The second-order valence-electron chi connectivity index (χ2n) is 7.35. The van der Waals surface area contributed by atoms with Gasteiger partial charge < -0.3 is 14.7 Å². The number of morpholine rings is 1. The summed E-state index contributed by atoms with van der Waals surface area (Å²) in [5.74, 6) is 0.145. The first kappa shape index (κ1) is 19.9. The van der Waals surface area contributed by atoms with E-state index in [0.717, 1.165) is 12.1 Å². The van der Waals surface area contributed by atoms with Crippen LogP contribution in [0.1, 0.15) is 45.8 Å². The molecule has 5 heteroatoms. The van der Waals surface area contributed by atoms with Crippen LogP contribution >= 0.6 is 0 Å². The molecule has 0 saturated carbocycles. The van der Waals surface area contributed by atoms with Gasteiger partial charge in [0, 0.05) is 24.7 Å². The molecule has 2 unspecified atom stereocenters. The van der Waals surface area contributed by atoms with Crippen molar-refractivity contribution in [3.63, 3.8) is 0 Å². The van der Waals surface area contributed by atoms with Crippen molar-refractivity contribution in [1.82, 2.24) is 9.80 Å². The van der Waals surface area contributed by atoms with Gasteiger partial charge in [-0.25, -0.2) is 0 Å². The Hall–Kier alpha value is -1.43. The Morgan fingerprint density at radius 2 is 1.88 bits per heavy atom. The zero-order chi connectivity index (χ0) is 18.4. The van der Waals surface area contributed by atoms with Crippen molar-refractivity contribution in [3.8, 4) is 0 Å². The fourth-order valence-electron chi connectivity index (χ4n) is 3.61. The third-order valence-corrected chi connectivity index (χ3v) is 4.77. The number of hydrogen-bond donors (Lipinski definition) is 1. The average Bonchev–Trinajstić information content (AvgIpc) is 2.56. The van der Waals surface area contributed by atoms with Gasteiger partial charge in [0.2, 0.25) is 5.91 Å². The van der Waals surface area contributed by atoms with Gasteiger partial charge in [0.15, 0.2) is 0 Å². The van der Waals surface area contributed by atoms with E-state index in [0.29, 0.717) is 26.2 Å². The molecule has 1 saturated heterocycles. The van der Waals surface area contributed by atoms with Crippen LogP contribution in [0.5, 0.6) is 0 Å². The molecule has 1 aromatic carbocycles. The van der Waals surface area contributed by atoms with Gasteiger partial charge in [-0.15, -0.1) is 0 Å². The molecule has 5 nitrogen and oxygen atoms in total. The zero-order valence-corrected chi connectivity index (χ0v) is 15.9. The third-order valence-electron chi connectivity index (χ3n) is 4.77. The van der Waals surface area contributed by atoms with Crippen molar-refractivity contribution < 1.29 is 14.6 Å². The Morgan fingerprint density at radius 3 is 2.48 bits per heavy atom. The summed E-state index contributed by atoms with van der Waals surface area (Å²) in [5, 5.41) is 10.5. The summed E-state index contributed by atoms with van der Waals surface area (Å²) in [6.07, 6.45) is 0.0255. The number of amides is 1. The number of benzene rings is 1. The highest BCUT2D eigenvalue weighted by Gasteiger charge is 2.30. The van der Waals surface area contributed by atoms with Gasteiger partial charge in [0.05, 0.1) is 25.9 Å². The maximum Gasteiger partial charge on any atom is 0.237 e. The molecule has 1 aliphatic heterocycles. The molecule has 1 aliphatic rings. The number of aliphatic hydroxyl groups is 1. The summed E-state index contributed by atoms with van der Waals surface area (Å²) in [6, 6.07) is 10.1. The van der Waals surface area contributed by atoms with Gasteiger partial charge in [-0.05, 0) is 39.7 Å². The number of carbonyl (C=O) groups excluding carboxylic acids is 1. The van der Waals surface area contributed by atoms with E-state index in [4.69, 9.17) is 4.74 Å². The molecule has 1 fully saturated rings. The van der Waals surface area contributed by atoms with Crippen LogP contribution in [0.3, 0.4) is 0 Å². The van der Waals surface area contributed by atoms with Gasteiger partial charge in [-0.3, -0.25) is 9.69 Å². The first-order valence-electron chi connectivity index (χ1n) is 9.26. The number of ether oxygens (including phenoxy) is 1. The molecule has 2 atom stereocenters. The molecule has 0 aliphatic carbocycles. The maximum atomic E-state index is 12.8. The van der Waals surface area contributed by atoms with E-state index in [1.54, 1.807) is 0 Å². The average molecular weight is 348 g/mol. The Labute approximate surface area is 151 Å². The van der Waals surface area contributed by atoms with Crippen LogP contribution in [0.2, 0.25) is 0 Å². The number of nitrogens with zero attached hydrogens (tertiary/aromatic N) is 2. The smallest absolute Gasteiger partial charge is 0.237 e.